The van der Waals surface area contributed by atoms with Gasteiger partial charge in [-0.2, -0.15) is 0 Å². The average molecular weight is 487 g/mol. The van der Waals surface area contributed by atoms with Crippen molar-refractivity contribution in [2.24, 2.45) is 5.92 Å². The summed E-state index contributed by atoms with van der Waals surface area (Å²) in [6.45, 7) is 2.55. The van der Waals surface area contributed by atoms with Gasteiger partial charge in [0.05, 0.1) is 19.8 Å². The maximum absolute atomic E-state index is 12.1. The molecule has 1 aromatic rings. The molecule has 0 fully saturated rings. The molecule has 35 heavy (non-hydrogen) atoms. The number of aryl methyl sites for hydroxylation is 1. The third-order valence-electron chi connectivity index (χ3n) is 6.31. The van der Waals surface area contributed by atoms with Gasteiger partial charge in [0.1, 0.15) is 5.76 Å². The fraction of sp³-hybridized carbons (Fsp3) is 0.586. The molecule has 0 amide bonds. The molecule has 0 saturated carbocycles. The number of unbranched alkanes of at least 4 members (excludes halogenated alkanes) is 3. The molecule has 0 aromatic heterocycles. The molecule has 194 valence electrons. The average Bonchev–Trinajstić information content (AvgIpc) is 3.12. The molecule has 6 heteroatoms. The second kappa shape index (κ2) is 16.3. The minimum atomic E-state index is -0.574. The van der Waals surface area contributed by atoms with Crippen molar-refractivity contribution in [3.63, 3.8) is 0 Å². The van der Waals surface area contributed by atoms with E-state index in [1.165, 1.54) is 12.7 Å². The first kappa shape index (κ1) is 28.8. The first-order valence-electron chi connectivity index (χ1n) is 12.9. The SMILES string of the molecule is CCCC(=O)OC1=C(CCCCCCC(=O)OC)C(/C=C/CCc2cccc(COC)c2)[C@H](O)C1. The minimum absolute atomic E-state index is 0.130. The normalized spacial score (nSPS) is 17.8. The molecule has 1 unspecified atom stereocenters. The Morgan fingerprint density at radius 1 is 1.03 bits per heavy atom. The van der Waals surface area contributed by atoms with Crippen molar-refractivity contribution in [2.45, 2.75) is 90.3 Å². The van der Waals surface area contributed by atoms with Gasteiger partial charge >= 0.3 is 11.9 Å². The number of hydrogen-bond donors (Lipinski definition) is 1. The molecule has 0 bridgehead atoms. The highest BCUT2D eigenvalue weighted by Gasteiger charge is 2.33. The number of esters is 2. The summed E-state index contributed by atoms with van der Waals surface area (Å²) < 4.78 is 15.6. The van der Waals surface area contributed by atoms with Crippen LogP contribution in [0.5, 0.6) is 0 Å². The van der Waals surface area contributed by atoms with E-state index in [2.05, 4.69) is 36.4 Å². The highest BCUT2D eigenvalue weighted by atomic mass is 16.5. The van der Waals surface area contributed by atoms with Crippen LogP contribution in [0.25, 0.3) is 0 Å². The fourth-order valence-electron chi connectivity index (χ4n) is 4.49. The van der Waals surface area contributed by atoms with E-state index in [0.717, 1.165) is 62.5 Å². The van der Waals surface area contributed by atoms with Crippen LogP contribution in [-0.2, 0) is 36.8 Å². The maximum Gasteiger partial charge on any atom is 0.310 e. The lowest BCUT2D eigenvalue weighted by Crippen LogP contribution is -2.14. The Hall–Kier alpha value is -2.44. The van der Waals surface area contributed by atoms with Gasteiger partial charge in [0.2, 0.25) is 0 Å². The third kappa shape index (κ3) is 10.4. The Morgan fingerprint density at radius 2 is 1.80 bits per heavy atom. The van der Waals surface area contributed by atoms with E-state index in [1.54, 1.807) is 7.11 Å². The molecule has 2 atom stereocenters. The Morgan fingerprint density at radius 3 is 2.54 bits per heavy atom. The van der Waals surface area contributed by atoms with Gasteiger partial charge in [0.15, 0.2) is 0 Å². The second-order valence-electron chi connectivity index (χ2n) is 9.18. The number of carbonyl (C=O) groups is 2. The highest BCUT2D eigenvalue weighted by molar-refractivity contribution is 5.70. The standard InChI is InChI=1S/C29H42O6/c1-4-12-29(32)35-27-20-26(30)24(25(27)17-7-5-6-8-18-28(31)34-3)16-10-9-13-22-14-11-15-23(19-22)21-33-2/h10-11,14-16,19,24,26,30H,4-9,12-13,17-18,20-21H2,1-3H3/b16-10+/t24?,26-/m1/s1. The molecule has 1 N–H and O–H groups in total. The lowest BCUT2D eigenvalue weighted by Gasteiger charge is -2.15. The monoisotopic (exact) mass is 486 g/mol. The van der Waals surface area contributed by atoms with Gasteiger partial charge in [-0.1, -0.05) is 56.2 Å². The van der Waals surface area contributed by atoms with Crippen LogP contribution in [-0.4, -0.2) is 37.4 Å². The van der Waals surface area contributed by atoms with Crippen molar-refractivity contribution >= 4 is 11.9 Å². The largest absolute Gasteiger partial charge is 0.469 e. The number of carbonyl (C=O) groups excluding carboxylic acids is 2. The van der Waals surface area contributed by atoms with Gasteiger partial charge in [-0.05, 0) is 55.2 Å². The number of allylic oxidation sites excluding steroid dienone is 1. The molecule has 0 spiro atoms. The molecule has 0 radical (unpaired) electrons. The predicted octanol–water partition coefficient (Wildman–Crippen LogP) is 5.81. The first-order valence-corrected chi connectivity index (χ1v) is 12.9. The lowest BCUT2D eigenvalue weighted by molar-refractivity contribution is -0.141. The predicted molar refractivity (Wildman–Crippen MR) is 136 cm³/mol. The fourth-order valence-corrected chi connectivity index (χ4v) is 4.49. The number of benzene rings is 1. The van der Waals surface area contributed by atoms with Crippen LogP contribution in [0.15, 0.2) is 47.7 Å². The molecule has 1 aliphatic rings. The summed E-state index contributed by atoms with van der Waals surface area (Å²) in [4.78, 5) is 23.4. The van der Waals surface area contributed by atoms with Crippen LogP contribution in [0.3, 0.4) is 0 Å². The lowest BCUT2D eigenvalue weighted by atomic mass is 9.93. The van der Waals surface area contributed by atoms with Crippen LogP contribution in [0, 0.1) is 5.92 Å². The molecule has 2 rings (SSSR count). The number of aliphatic hydroxyl groups is 1. The summed E-state index contributed by atoms with van der Waals surface area (Å²) in [5, 5.41) is 10.8. The van der Waals surface area contributed by atoms with Crippen molar-refractivity contribution in [1.29, 1.82) is 0 Å². The Kier molecular flexibility index (Phi) is 13.4. The first-order chi connectivity index (χ1) is 17.0. The molecule has 1 aliphatic carbocycles. The van der Waals surface area contributed by atoms with Crippen LogP contribution in [0.1, 0.15) is 82.3 Å². The number of hydrogen-bond acceptors (Lipinski definition) is 6. The molecular weight excluding hydrogens is 444 g/mol. The van der Waals surface area contributed by atoms with Gasteiger partial charge < -0.3 is 19.3 Å². The van der Waals surface area contributed by atoms with E-state index in [-0.39, 0.29) is 17.9 Å². The summed E-state index contributed by atoms with van der Waals surface area (Å²) in [6, 6.07) is 8.40. The second-order valence-corrected chi connectivity index (χ2v) is 9.18. The van der Waals surface area contributed by atoms with Crippen LogP contribution >= 0.6 is 0 Å². The van der Waals surface area contributed by atoms with Crippen molar-refractivity contribution in [3.8, 4) is 0 Å². The summed E-state index contributed by atoms with van der Waals surface area (Å²) in [6.07, 6.45) is 11.8. The zero-order valence-corrected chi connectivity index (χ0v) is 21.6. The van der Waals surface area contributed by atoms with Crippen LogP contribution in [0.4, 0.5) is 0 Å². The van der Waals surface area contributed by atoms with E-state index < -0.39 is 6.10 Å². The summed E-state index contributed by atoms with van der Waals surface area (Å²) >= 11 is 0. The maximum atomic E-state index is 12.1. The van der Waals surface area contributed by atoms with E-state index in [0.29, 0.717) is 31.6 Å². The van der Waals surface area contributed by atoms with Gasteiger partial charge in [0, 0.05) is 32.3 Å². The number of rotatable bonds is 16. The van der Waals surface area contributed by atoms with Gasteiger partial charge in [-0.25, -0.2) is 0 Å². The summed E-state index contributed by atoms with van der Waals surface area (Å²) in [5.74, 6) is 0.111. The number of methoxy groups -OCH3 is 2. The Bertz CT molecular complexity index is 856. The molecule has 6 nitrogen and oxygen atoms in total. The summed E-state index contributed by atoms with van der Waals surface area (Å²) in [7, 11) is 3.11. The van der Waals surface area contributed by atoms with Crippen molar-refractivity contribution < 1.29 is 28.9 Å². The topological polar surface area (TPSA) is 82.1 Å². The Balaban J connectivity index is 1.97. The summed E-state index contributed by atoms with van der Waals surface area (Å²) in [5.41, 5.74) is 3.46. The van der Waals surface area contributed by atoms with Crippen LogP contribution < -0.4 is 0 Å². The molecule has 0 saturated heterocycles. The number of aliphatic hydroxyl groups excluding tert-OH is 1. The highest BCUT2D eigenvalue weighted by Crippen LogP contribution is 2.37. The molecule has 0 heterocycles. The Labute approximate surface area is 210 Å². The molecule has 1 aromatic carbocycles. The van der Waals surface area contributed by atoms with Gasteiger partial charge in [-0.3, -0.25) is 9.59 Å². The molecule has 0 aliphatic heterocycles. The number of ether oxygens (including phenoxy) is 3. The zero-order chi connectivity index (χ0) is 25.5. The zero-order valence-electron chi connectivity index (χ0n) is 21.6. The van der Waals surface area contributed by atoms with Gasteiger partial charge in [0.25, 0.3) is 0 Å². The van der Waals surface area contributed by atoms with E-state index in [1.807, 2.05) is 6.92 Å². The minimum Gasteiger partial charge on any atom is -0.469 e. The van der Waals surface area contributed by atoms with Crippen molar-refractivity contribution in [2.75, 3.05) is 14.2 Å². The third-order valence-corrected chi connectivity index (χ3v) is 6.31. The van der Waals surface area contributed by atoms with E-state index in [4.69, 9.17) is 14.2 Å². The van der Waals surface area contributed by atoms with Crippen LogP contribution in [0.2, 0.25) is 0 Å². The quantitative estimate of drug-likeness (QED) is 0.180. The van der Waals surface area contributed by atoms with E-state index in [9.17, 15) is 14.7 Å². The molecular formula is C29H42O6. The van der Waals surface area contributed by atoms with Crippen molar-refractivity contribution in [1.82, 2.24) is 0 Å². The van der Waals surface area contributed by atoms with Crippen molar-refractivity contribution in [3.05, 3.63) is 58.9 Å². The van der Waals surface area contributed by atoms with E-state index >= 15 is 0 Å². The smallest absolute Gasteiger partial charge is 0.310 e. The van der Waals surface area contributed by atoms with Gasteiger partial charge in [-0.15, -0.1) is 0 Å².